The summed E-state index contributed by atoms with van der Waals surface area (Å²) in [6, 6.07) is 7.19. The Morgan fingerprint density at radius 1 is 0.451 bits per heavy atom. The Balaban J connectivity index is 0.000000625. The summed E-state index contributed by atoms with van der Waals surface area (Å²) in [5.41, 5.74) is 4.98. The number of allylic oxidation sites excluding steroid dienone is 2. The summed E-state index contributed by atoms with van der Waals surface area (Å²) in [5, 5.41) is 16.7. The third-order valence-electron chi connectivity index (χ3n) is 16.4. The maximum atomic E-state index is 5.55. The van der Waals surface area contributed by atoms with Crippen LogP contribution < -0.4 is 0 Å². The molecular formula is C44H58MnN6. The van der Waals surface area contributed by atoms with Crippen LogP contribution in [0.5, 0.6) is 0 Å². The van der Waals surface area contributed by atoms with Crippen LogP contribution in [0.2, 0.25) is 0 Å². The molecule has 0 saturated heterocycles. The Bertz CT molecular complexity index is 1480. The van der Waals surface area contributed by atoms with Crippen molar-refractivity contribution < 1.29 is 17.1 Å². The van der Waals surface area contributed by atoms with Crippen LogP contribution in [0.15, 0.2) is 62.1 Å². The molecule has 51 heavy (non-hydrogen) atoms. The van der Waals surface area contributed by atoms with Gasteiger partial charge in [0.1, 0.15) is 0 Å². The van der Waals surface area contributed by atoms with E-state index in [1.54, 1.807) is 12.2 Å². The Labute approximate surface area is 315 Å². The zero-order valence-corrected chi connectivity index (χ0v) is 31.8. The van der Waals surface area contributed by atoms with Crippen molar-refractivity contribution in [1.82, 2.24) is 29.3 Å². The smallest absolute Gasteiger partial charge is 0.227 e. The molecule has 12 aliphatic carbocycles. The van der Waals surface area contributed by atoms with E-state index >= 15 is 0 Å². The molecule has 0 atom stereocenters. The summed E-state index contributed by atoms with van der Waals surface area (Å²) in [5.74, 6) is 8.33. The molecule has 12 bridgehead atoms. The van der Waals surface area contributed by atoms with Gasteiger partial charge in [0.05, 0.1) is 17.1 Å². The van der Waals surface area contributed by atoms with Gasteiger partial charge in [0, 0.05) is 51.9 Å². The van der Waals surface area contributed by atoms with E-state index in [1.807, 2.05) is 0 Å². The van der Waals surface area contributed by atoms with Gasteiger partial charge in [0.25, 0.3) is 0 Å². The van der Waals surface area contributed by atoms with Gasteiger partial charge in [0.15, 0.2) is 0 Å². The molecule has 0 spiro atoms. The van der Waals surface area contributed by atoms with Crippen molar-refractivity contribution in [3.8, 4) is 0 Å². The minimum atomic E-state index is -0.187. The molecule has 0 aliphatic heterocycles. The average Bonchev–Trinajstić information content (AvgIpc) is 3.87. The SMILES string of the molecule is C=CC=C.[Mn].c1cn(C(n2ccc(C34CC5CC(CC(C5)C3)C4)n2)n2ccc(C34CC5CC(CC(C5)C3)C4)n2)nc1C12CC3CC(CC(C3)C1)C2. The molecule has 3 aromatic heterocycles. The summed E-state index contributed by atoms with van der Waals surface area (Å²) in [4.78, 5) is 0. The predicted octanol–water partition coefficient (Wildman–Crippen LogP) is 9.59. The van der Waals surface area contributed by atoms with E-state index in [2.05, 4.69) is 64.0 Å². The zero-order chi connectivity index (χ0) is 33.2. The molecule has 0 aromatic carbocycles. The molecule has 0 unspecified atom stereocenters. The van der Waals surface area contributed by atoms with Crippen molar-refractivity contribution in [2.24, 2.45) is 53.3 Å². The number of nitrogens with zero attached hydrogens (tertiary/aromatic N) is 6. The van der Waals surface area contributed by atoms with Crippen LogP contribution in [-0.2, 0) is 33.3 Å². The first-order valence-corrected chi connectivity index (χ1v) is 20.8. The Kier molecular flexibility index (Phi) is 7.86. The van der Waals surface area contributed by atoms with Crippen LogP contribution in [0.25, 0.3) is 0 Å². The van der Waals surface area contributed by atoms with Crippen LogP contribution in [0.4, 0.5) is 0 Å². The second kappa shape index (κ2) is 12.1. The van der Waals surface area contributed by atoms with Crippen molar-refractivity contribution in [3.63, 3.8) is 0 Å². The van der Waals surface area contributed by atoms with E-state index in [9.17, 15) is 0 Å². The fraction of sp³-hybridized carbons (Fsp3) is 0.705. The van der Waals surface area contributed by atoms with E-state index in [0.29, 0.717) is 16.2 Å². The molecule has 0 amide bonds. The second-order valence-electron chi connectivity index (χ2n) is 20.0. The molecule has 0 N–H and O–H groups in total. The van der Waals surface area contributed by atoms with Gasteiger partial charge in [-0.05, 0) is 187 Å². The maximum Gasteiger partial charge on any atom is 0.238 e. The fourth-order valence-electron chi connectivity index (χ4n) is 15.9. The van der Waals surface area contributed by atoms with Gasteiger partial charge in [-0.3, -0.25) is 0 Å². The molecule has 6 nitrogen and oxygen atoms in total. The van der Waals surface area contributed by atoms with Crippen LogP contribution in [0.1, 0.15) is 139 Å². The van der Waals surface area contributed by atoms with Crippen molar-refractivity contribution in [3.05, 3.63) is 79.2 Å². The molecule has 15 rings (SSSR count). The van der Waals surface area contributed by atoms with Crippen molar-refractivity contribution >= 4 is 0 Å². The van der Waals surface area contributed by atoms with E-state index < -0.39 is 0 Å². The van der Waals surface area contributed by atoms with Crippen molar-refractivity contribution in [1.29, 1.82) is 0 Å². The monoisotopic (exact) mass is 725 g/mol. The largest absolute Gasteiger partial charge is 0.238 e. The summed E-state index contributed by atoms with van der Waals surface area (Å²) in [6.07, 6.45) is 35.5. The summed E-state index contributed by atoms with van der Waals surface area (Å²) < 4.78 is 6.75. The minimum Gasteiger partial charge on any atom is -0.227 e. The Morgan fingerprint density at radius 2 is 0.667 bits per heavy atom. The van der Waals surface area contributed by atoms with E-state index in [0.717, 1.165) is 53.3 Å². The first-order chi connectivity index (χ1) is 24.4. The molecule has 12 fully saturated rings. The standard InChI is InChI=1S/C40H52N6.C4H6.Mn/c1-4-44(41-34(1)38-16-25-7-26(17-38)9-27(8-25)18-38)37(45-5-2-35(42-45)39-19-28-10-29(20-39)12-30(11-28)21-39)46-6-3-36(43-46)40-22-31-13-32(23-40)15-33(14-31)24-40;1-3-4-2;/h1-6,25-33,37H,7-24H2;3-4H,1-2H2;. The van der Waals surface area contributed by atoms with Gasteiger partial charge >= 0.3 is 0 Å². The molecule has 3 heterocycles. The minimum absolute atomic E-state index is 0. The first kappa shape index (κ1) is 33.2. The number of hydrogen-bond donors (Lipinski definition) is 0. The first-order valence-electron chi connectivity index (χ1n) is 20.8. The summed E-state index contributed by atoms with van der Waals surface area (Å²) >= 11 is 0. The third-order valence-corrected chi connectivity index (χ3v) is 16.4. The maximum absolute atomic E-state index is 5.55. The molecule has 7 heteroatoms. The fourth-order valence-corrected chi connectivity index (χ4v) is 15.9. The molecule has 3 aromatic rings. The molecule has 1 radical (unpaired) electrons. The number of aromatic nitrogens is 6. The van der Waals surface area contributed by atoms with Crippen LogP contribution in [-0.4, -0.2) is 29.3 Å². The zero-order valence-electron chi connectivity index (χ0n) is 30.6. The predicted molar refractivity (Wildman–Crippen MR) is 196 cm³/mol. The molecule has 12 saturated carbocycles. The van der Waals surface area contributed by atoms with Crippen LogP contribution in [0, 0.1) is 53.3 Å². The molecular weight excluding hydrogens is 667 g/mol. The quantitative estimate of drug-likeness (QED) is 0.180. The van der Waals surface area contributed by atoms with Crippen LogP contribution >= 0.6 is 0 Å². The number of hydrogen-bond acceptors (Lipinski definition) is 3. The van der Waals surface area contributed by atoms with Gasteiger partial charge in [-0.25, -0.2) is 14.0 Å². The molecule has 271 valence electrons. The average molecular weight is 726 g/mol. The summed E-state index contributed by atoms with van der Waals surface area (Å²) in [6.45, 7) is 6.72. The molecule has 12 aliphatic rings. The second-order valence-corrected chi connectivity index (χ2v) is 20.0. The van der Waals surface area contributed by atoms with E-state index in [1.165, 1.54) is 133 Å². The van der Waals surface area contributed by atoms with E-state index in [4.69, 9.17) is 15.3 Å². The normalized spacial score (nSPS) is 43.8. The van der Waals surface area contributed by atoms with Gasteiger partial charge in [-0.1, -0.05) is 25.3 Å². The Hall–Kier alpha value is -2.37. The third kappa shape index (κ3) is 5.31. The topological polar surface area (TPSA) is 53.5 Å². The van der Waals surface area contributed by atoms with Gasteiger partial charge in [0.2, 0.25) is 6.29 Å². The van der Waals surface area contributed by atoms with Gasteiger partial charge < -0.3 is 0 Å². The van der Waals surface area contributed by atoms with Gasteiger partial charge in [-0.15, -0.1) is 0 Å². The van der Waals surface area contributed by atoms with Crippen LogP contribution in [0.3, 0.4) is 0 Å². The van der Waals surface area contributed by atoms with Crippen molar-refractivity contribution in [2.75, 3.05) is 0 Å². The summed E-state index contributed by atoms with van der Waals surface area (Å²) in [7, 11) is 0. The van der Waals surface area contributed by atoms with Gasteiger partial charge in [-0.2, -0.15) is 15.3 Å². The van der Waals surface area contributed by atoms with Crippen molar-refractivity contribution in [2.45, 2.75) is 138 Å². The number of rotatable bonds is 7. The van der Waals surface area contributed by atoms with E-state index in [-0.39, 0.29) is 23.4 Å². The Morgan fingerprint density at radius 3 is 0.863 bits per heavy atom.